The molecule has 29 heavy (non-hydrogen) atoms. The minimum Gasteiger partial charge on any atom is -0.444 e. The van der Waals surface area contributed by atoms with Gasteiger partial charge in [-0.2, -0.15) is 0 Å². The lowest BCUT2D eigenvalue weighted by molar-refractivity contribution is -0.131. The van der Waals surface area contributed by atoms with Gasteiger partial charge in [0.15, 0.2) is 0 Å². The van der Waals surface area contributed by atoms with Crippen LogP contribution in [0.4, 0.5) is 0 Å². The average Bonchev–Trinajstić information content (AvgIpc) is 3.24. The van der Waals surface area contributed by atoms with Gasteiger partial charge < -0.3 is 9.32 Å². The molecule has 1 heterocycles. The summed E-state index contributed by atoms with van der Waals surface area (Å²) in [5, 5.41) is 0. The Morgan fingerprint density at radius 2 is 1.28 bits per heavy atom. The van der Waals surface area contributed by atoms with E-state index in [1.807, 2.05) is 95.9 Å². The molecule has 0 aliphatic rings. The maximum Gasteiger partial charge on any atom is 0.229 e. The number of hydrogen-bond acceptors (Lipinski definition) is 3. The fourth-order valence-electron chi connectivity index (χ4n) is 3.21. The van der Waals surface area contributed by atoms with Gasteiger partial charge in [-0.25, -0.2) is 4.98 Å². The third-order valence-corrected chi connectivity index (χ3v) is 4.69. The van der Waals surface area contributed by atoms with Crippen LogP contribution in [-0.4, -0.2) is 15.8 Å². The molecule has 1 amide bonds. The van der Waals surface area contributed by atoms with Crippen LogP contribution in [0.3, 0.4) is 0 Å². The molecule has 1 aromatic heterocycles. The van der Waals surface area contributed by atoms with Crippen molar-refractivity contribution >= 4 is 5.91 Å². The first kappa shape index (κ1) is 18.7. The van der Waals surface area contributed by atoms with Gasteiger partial charge in [0.2, 0.25) is 11.8 Å². The van der Waals surface area contributed by atoms with Crippen molar-refractivity contribution < 1.29 is 9.21 Å². The van der Waals surface area contributed by atoms with Gasteiger partial charge in [-0.15, -0.1) is 0 Å². The quantitative estimate of drug-likeness (QED) is 0.446. The number of carbonyl (C=O) groups is 1. The Kier molecular flexibility index (Phi) is 5.81. The molecular formula is C25H22N2O2. The van der Waals surface area contributed by atoms with Gasteiger partial charge in [-0.3, -0.25) is 4.79 Å². The van der Waals surface area contributed by atoms with E-state index in [-0.39, 0.29) is 12.3 Å². The van der Waals surface area contributed by atoms with Gasteiger partial charge >= 0.3 is 0 Å². The highest BCUT2D eigenvalue weighted by Gasteiger charge is 2.18. The summed E-state index contributed by atoms with van der Waals surface area (Å²) in [6, 6.07) is 29.8. The van der Waals surface area contributed by atoms with Gasteiger partial charge in [0.1, 0.15) is 6.26 Å². The van der Waals surface area contributed by atoms with Crippen LogP contribution in [0.2, 0.25) is 0 Å². The van der Waals surface area contributed by atoms with Crippen molar-refractivity contribution in [3.63, 3.8) is 0 Å². The fraction of sp³-hybridized carbons (Fsp3) is 0.120. The van der Waals surface area contributed by atoms with Crippen molar-refractivity contribution in [3.05, 3.63) is 114 Å². The van der Waals surface area contributed by atoms with Crippen molar-refractivity contribution in [2.24, 2.45) is 0 Å². The summed E-state index contributed by atoms with van der Waals surface area (Å²) in [7, 11) is 0. The lowest BCUT2D eigenvalue weighted by atomic mass is 10.1. The summed E-state index contributed by atoms with van der Waals surface area (Å²) in [5.41, 5.74) is 3.74. The number of hydrogen-bond donors (Lipinski definition) is 0. The highest BCUT2D eigenvalue weighted by Crippen LogP contribution is 2.19. The van der Waals surface area contributed by atoms with E-state index in [1.165, 1.54) is 0 Å². The van der Waals surface area contributed by atoms with Gasteiger partial charge in [-0.1, -0.05) is 78.9 Å². The largest absolute Gasteiger partial charge is 0.444 e. The normalized spacial score (nSPS) is 10.6. The van der Waals surface area contributed by atoms with Crippen LogP contribution < -0.4 is 0 Å². The second kappa shape index (κ2) is 9.02. The summed E-state index contributed by atoms with van der Waals surface area (Å²) in [4.78, 5) is 19.5. The summed E-state index contributed by atoms with van der Waals surface area (Å²) >= 11 is 0. The second-order valence-electron chi connectivity index (χ2n) is 6.91. The molecule has 0 fully saturated rings. The number of oxazole rings is 1. The second-order valence-corrected chi connectivity index (χ2v) is 6.91. The monoisotopic (exact) mass is 382 g/mol. The summed E-state index contributed by atoms with van der Waals surface area (Å²) in [6.07, 6.45) is 1.78. The number of amides is 1. The maximum absolute atomic E-state index is 13.1. The minimum absolute atomic E-state index is 0.0191. The third kappa shape index (κ3) is 4.99. The minimum atomic E-state index is 0.0191. The molecule has 144 valence electrons. The van der Waals surface area contributed by atoms with Crippen LogP contribution in [-0.2, 0) is 24.3 Å². The van der Waals surface area contributed by atoms with Gasteiger partial charge in [0.25, 0.3) is 0 Å². The summed E-state index contributed by atoms with van der Waals surface area (Å²) < 4.78 is 5.59. The Morgan fingerprint density at radius 1 is 0.759 bits per heavy atom. The van der Waals surface area contributed by atoms with E-state index in [0.717, 1.165) is 16.7 Å². The van der Waals surface area contributed by atoms with Crippen LogP contribution in [0.15, 0.2) is 102 Å². The SMILES string of the molecule is O=C(Cc1coc(-c2ccccc2)n1)N(Cc1ccccc1)Cc1ccccc1. The van der Waals surface area contributed by atoms with E-state index in [2.05, 4.69) is 4.98 Å². The summed E-state index contributed by atoms with van der Waals surface area (Å²) in [6.45, 7) is 1.11. The molecule has 4 rings (SSSR count). The molecule has 4 nitrogen and oxygen atoms in total. The first-order valence-electron chi connectivity index (χ1n) is 9.63. The van der Waals surface area contributed by atoms with Crippen molar-refractivity contribution in [1.82, 2.24) is 9.88 Å². The van der Waals surface area contributed by atoms with Crippen molar-refractivity contribution in [2.75, 3.05) is 0 Å². The van der Waals surface area contributed by atoms with Gasteiger partial charge in [0.05, 0.1) is 12.1 Å². The van der Waals surface area contributed by atoms with Crippen molar-refractivity contribution in [3.8, 4) is 11.5 Å². The molecule has 0 atom stereocenters. The fourth-order valence-corrected chi connectivity index (χ4v) is 3.21. The first-order chi connectivity index (χ1) is 14.3. The molecule has 3 aromatic carbocycles. The predicted octanol–water partition coefficient (Wildman–Crippen LogP) is 5.11. The Morgan fingerprint density at radius 3 is 1.83 bits per heavy atom. The van der Waals surface area contributed by atoms with Crippen LogP contribution in [0.1, 0.15) is 16.8 Å². The van der Waals surface area contributed by atoms with Crippen LogP contribution in [0.5, 0.6) is 0 Å². The topological polar surface area (TPSA) is 46.3 Å². The molecule has 4 aromatic rings. The molecule has 0 saturated heterocycles. The summed E-state index contributed by atoms with van der Waals surface area (Å²) in [5.74, 6) is 0.552. The Hall–Kier alpha value is -3.66. The van der Waals surface area contributed by atoms with Crippen LogP contribution in [0.25, 0.3) is 11.5 Å². The van der Waals surface area contributed by atoms with Crippen LogP contribution in [0, 0.1) is 0 Å². The number of rotatable bonds is 7. The molecule has 0 aliphatic heterocycles. The van der Waals surface area contributed by atoms with Gasteiger partial charge in [-0.05, 0) is 23.3 Å². The standard InChI is InChI=1S/C25H22N2O2/c28-24(16-23-19-29-25(26-23)22-14-8-3-9-15-22)27(17-20-10-4-1-5-11-20)18-21-12-6-2-7-13-21/h1-15,19H,16-18H2. The van der Waals surface area contributed by atoms with E-state index in [1.54, 1.807) is 6.26 Å². The van der Waals surface area contributed by atoms with Gasteiger partial charge in [0, 0.05) is 18.7 Å². The van der Waals surface area contributed by atoms with E-state index in [0.29, 0.717) is 24.7 Å². The molecular weight excluding hydrogens is 360 g/mol. The third-order valence-electron chi connectivity index (χ3n) is 4.69. The maximum atomic E-state index is 13.1. The molecule has 0 spiro atoms. The number of benzene rings is 3. The molecule has 0 aliphatic carbocycles. The molecule has 0 radical (unpaired) electrons. The van der Waals surface area contributed by atoms with Crippen molar-refractivity contribution in [2.45, 2.75) is 19.5 Å². The van der Waals surface area contributed by atoms with E-state index >= 15 is 0 Å². The number of nitrogens with zero attached hydrogens (tertiary/aromatic N) is 2. The number of aromatic nitrogens is 1. The molecule has 0 unspecified atom stereocenters. The zero-order valence-corrected chi connectivity index (χ0v) is 16.1. The Labute approximate surface area is 170 Å². The average molecular weight is 382 g/mol. The van der Waals surface area contributed by atoms with Crippen molar-refractivity contribution in [1.29, 1.82) is 0 Å². The van der Waals surface area contributed by atoms with E-state index < -0.39 is 0 Å². The zero-order chi connectivity index (χ0) is 19.9. The predicted molar refractivity (Wildman–Crippen MR) is 113 cm³/mol. The highest BCUT2D eigenvalue weighted by atomic mass is 16.3. The smallest absolute Gasteiger partial charge is 0.229 e. The highest BCUT2D eigenvalue weighted by molar-refractivity contribution is 5.78. The Balaban J connectivity index is 1.51. The lowest BCUT2D eigenvalue weighted by Crippen LogP contribution is -2.31. The first-order valence-corrected chi connectivity index (χ1v) is 9.63. The number of carbonyl (C=O) groups excluding carboxylic acids is 1. The lowest BCUT2D eigenvalue weighted by Gasteiger charge is -2.23. The molecule has 0 N–H and O–H groups in total. The molecule has 4 heteroatoms. The van der Waals surface area contributed by atoms with E-state index in [9.17, 15) is 4.79 Å². The Bertz CT molecular complexity index is 1000. The molecule has 0 bridgehead atoms. The zero-order valence-electron chi connectivity index (χ0n) is 16.1. The van der Waals surface area contributed by atoms with E-state index in [4.69, 9.17) is 4.42 Å². The molecule has 0 saturated carbocycles. The van der Waals surface area contributed by atoms with Crippen LogP contribution >= 0.6 is 0 Å².